The second-order valence-electron chi connectivity index (χ2n) is 8.36. The van der Waals surface area contributed by atoms with Gasteiger partial charge in [-0.15, -0.1) is 0 Å². The second kappa shape index (κ2) is 6.74. The number of rotatable bonds is 4. The third kappa shape index (κ3) is 3.09. The van der Waals surface area contributed by atoms with E-state index in [9.17, 15) is 9.90 Å². The lowest BCUT2D eigenvalue weighted by Crippen LogP contribution is -2.30. The molecule has 1 aliphatic rings. The van der Waals surface area contributed by atoms with Gasteiger partial charge in [0, 0.05) is 36.3 Å². The highest BCUT2D eigenvalue weighted by Gasteiger charge is 2.33. The van der Waals surface area contributed by atoms with Crippen LogP contribution >= 0.6 is 0 Å². The molecule has 1 unspecified atom stereocenters. The lowest BCUT2D eigenvalue weighted by atomic mass is 9.94. The van der Waals surface area contributed by atoms with Crippen molar-refractivity contribution in [2.75, 3.05) is 13.2 Å². The molecule has 3 aromatic rings. The summed E-state index contributed by atoms with van der Waals surface area (Å²) in [5, 5.41) is 14.0. The van der Waals surface area contributed by atoms with Crippen LogP contribution in [0.1, 0.15) is 60.2 Å². The highest BCUT2D eigenvalue weighted by molar-refractivity contribution is 5.97. The predicted molar refractivity (Wildman–Crippen MR) is 107 cm³/mol. The lowest BCUT2D eigenvalue weighted by molar-refractivity contribution is 0.0735. The van der Waals surface area contributed by atoms with E-state index in [0.717, 1.165) is 47.5 Å². The average Bonchev–Trinajstić information content (AvgIpc) is 3.38. The van der Waals surface area contributed by atoms with Gasteiger partial charge in [-0.05, 0) is 38.0 Å². The van der Waals surface area contributed by atoms with E-state index in [2.05, 4.69) is 15.1 Å². The van der Waals surface area contributed by atoms with Crippen molar-refractivity contribution >= 4 is 16.9 Å². The van der Waals surface area contributed by atoms with Gasteiger partial charge in [-0.3, -0.25) is 9.48 Å². The average molecular weight is 381 g/mol. The largest absolute Gasteiger partial charge is 0.395 e. The third-order valence-corrected chi connectivity index (χ3v) is 5.69. The van der Waals surface area contributed by atoms with Gasteiger partial charge in [0.15, 0.2) is 0 Å². The molecule has 2 aromatic heterocycles. The maximum atomic E-state index is 13.3. The van der Waals surface area contributed by atoms with E-state index in [1.54, 1.807) is 0 Å². The first-order valence-corrected chi connectivity index (χ1v) is 9.72. The normalized spacial score (nSPS) is 17.6. The molecule has 148 valence electrons. The number of carbonyl (C=O) groups is 1. The Hall–Kier alpha value is -2.67. The molecule has 7 nitrogen and oxygen atoms in total. The number of aromatic amines is 1. The smallest absolute Gasteiger partial charge is 0.254 e. The van der Waals surface area contributed by atoms with E-state index < -0.39 is 5.41 Å². The molecule has 7 heteroatoms. The summed E-state index contributed by atoms with van der Waals surface area (Å²) in [4.78, 5) is 23.1. The quantitative estimate of drug-likeness (QED) is 0.727. The van der Waals surface area contributed by atoms with Gasteiger partial charge in [-0.1, -0.05) is 13.8 Å². The maximum Gasteiger partial charge on any atom is 0.254 e. The summed E-state index contributed by atoms with van der Waals surface area (Å²) in [5.74, 6) is 0.754. The Bertz CT molecular complexity index is 1030. The highest BCUT2D eigenvalue weighted by Crippen LogP contribution is 2.34. The zero-order valence-corrected chi connectivity index (χ0v) is 16.9. The Labute approximate surface area is 164 Å². The van der Waals surface area contributed by atoms with E-state index in [4.69, 9.17) is 0 Å². The Morgan fingerprint density at radius 3 is 2.86 bits per heavy atom. The number of likely N-dealkylation sites (tertiary alicyclic amines) is 1. The van der Waals surface area contributed by atoms with E-state index >= 15 is 0 Å². The maximum absolute atomic E-state index is 13.3. The number of fused-ring (bicyclic) bond motifs is 1. The summed E-state index contributed by atoms with van der Waals surface area (Å²) in [5.41, 5.74) is 3.92. The first-order valence-electron chi connectivity index (χ1n) is 9.72. The van der Waals surface area contributed by atoms with Crippen LogP contribution < -0.4 is 0 Å². The first-order chi connectivity index (χ1) is 13.3. The number of amides is 1. The fraction of sp³-hybridized carbons (Fsp3) is 0.476. The van der Waals surface area contributed by atoms with Gasteiger partial charge in [0.05, 0.1) is 29.4 Å². The monoisotopic (exact) mass is 381 g/mol. The number of imidazole rings is 1. The van der Waals surface area contributed by atoms with Crippen molar-refractivity contribution in [1.29, 1.82) is 0 Å². The molecule has 3 heterocycles. The predicted octanol–water partition coefficient (Wildman–Crippen LogP) is 2.85. The van der Waals surface area contributed by atoms with Crippen molar-refractivity contribution in [2.45, 2.75) is 45.1 Å². The van der Waals surface area contributed by atoms with Crippen LogP contribution in [0.5, 0.6) is 0 Å². The molecule has 0 spiro atoms. The van der Waals surface area contributed by atoms with E-state index in [-0.39, 0.29) is 18.6 Å². The molecular formula is C21H27N5O2. The minimum atomic E-state index is -0.457. The number of carbonyl (C=O) groups excluding carboxylic acids is 1. The number of aliphatic hydroxyl groups is 1. The molecular weight excluding hydrogens is 354 g/mol. The third-order valence-electron chi connectivity index (χ3n) is 5.69. The number of aryl methyl sites for hydroxylation is 2. The fourth-order valence-corrected chi connectivity index (χ4v) is 3.98. The van der Waals surface area contributed by atoms with Gasteiger partial charge >= 0.3 is 0 Å². The van der Waals surface area contributed by atoms with Crippen LogP contribution in [0.25, 0.3) is 11.0 Å². The SMILES string of the molecule is Cc1nn(C)cc1C1CCCN1C(=O)c1ccc2nc(C(C)(C)CO)[nH]c2c1. The number of H-pyrrole nitrogens is 1. The molecule has 4 rings (SSSR count). The number of benzene rings is 1. The number of hydrogen-bond donors (Lipinski definition) is 2. The van der Waals surface area contributed by atoms with Gasteiger partial charge in [0.2, 0.25) is 0 Å². The van der Waals surface area contributed by atoms with Crippen LogP contribution in [0.4, 0.5) is 0 Å². The topological polar surface area (TPSA) is 87.0 Å². The number of nitrogens with zero attached hydrogens (tertiary/aromatic N) is 4. The molecule has 0 radical (unpaired) electrons. The Morgan fingerprint density at radius 1 is 1.39 bits per heavy atom. The van der Waals surface area contributed by atoms with Crippen LogP contribution in [0.15, 0.2) is 24.4 Å². The molecule has 2 N–H and O–H groups in total. The van der Waals surface area contributed by atoms with Gasteiger partial charge < -0.3 is 15.0 Å². The zero-order chi connectivity index (χ0) is 20.1. The summed E-state index contributed by atoms with van der Waals surface area (Å²) < 4.78 is 1.81. The van der Waals surface area contributed by atoms with Crippen molar-refractivity contribution in [3.05, 3.63) is 47.0 Å². The molecule has 0 aliphatic carbocycles. The lowest BCUT2D eigenvalue weighted by Gasteiger charge is -2.24. The van der Waals surface area contributed by atoms with E-state index in [0.29, 0.717) is 5.56 Å². The van der Waals surface area contributed by atoms with Crippen molar-refractivity contribution in [2.24, 2.45) is 7.05 Å². The van der Waals surface area contributed by atoms with Crippen LogP contribution in [0.3, 0.4) is 0 Å². The molecule has 0 saturated carbocycles. The van der Waals surface area contributed by atoms with Crippen LogP contribution in [0, 0.1) is 6.92 Å². The summed E-state index contributed by atoms with van der Waals surface area (Å²) in [6.07, 6.45) is 3.97. The molecule has 1 fully saturated rings. The van der Waals surface area contributed by atoms with Gasteiger partial charge in [0.1, 0.15) is 5.82 Å². The molecule has 1 aliphatic heterocycles. The van der Waals surface area contributed by atoms with Gasteiger partial charge in [-0.2, -0.15) is 5.10 Å². The molecule has 1 amide bonds. The van der Waals surface area contributed by atoms with Crippen LogP contribution in [0.2, 0.25) is 0 Å². The van der Waals surface area contributed by atoms with Crippen molar-refractivity contribution < 1.29 is 9.90 Å². The molecule has 1 aromatic carbocycles. The van der Waals surface area contributed by atoms with E-state index in [1.165, 1.54) is 0 Å². The highest BCUT2D eigenvalue weighted by atomic mass is 16.3. The van der Waals surface area contributed by atoms with Crippen LogP contribution in [-0.2, 0) is 12.5 Å². The minimum Gasteiger partial charge on any atom is -0.395 e. The summed E-state index contributed by atoms with van der Waals surface area (Å²) in [6.45, 7) is 6.61. The van der Waals surface area contributed by atoms with Crippen molar-refractivity contribution in [3.63, 3.8) is 0 Å². The van der Waals surface area contributed by atoms with Crippen molar-refractivity contribution in [1.82, 2.24) is 24.6 Å². The summed E-state index contributed by atoms with van der Waals surface area (Å²) in [6, 6.07) is 5.65. The fourth-order valence-electron chi connectivity index (χ4n) is 3.98. The standard InChI is InChI=1S/C21H27N5O2/c1-13-15(11-25(4)24-13)18-6-5-9-26(18)19(28)14-7-8-16-17(10-14)23-20(22-16)21(2,3)12-27/h7-8,10-11,18,27H,5-6,9,12H2,1-4H3,(H,22,23). The number of hydrogen-bond acceptors (Lipinski definition) is 4. The minimum absolute atomic E-state index is 0.00146. The van der Waals surface area contributed by atoms with Crippen LogP contribution in [-0.4, -0.2) is 48.8 Å². The Kier molecular flexibility index (Phi) is 4.50. The number of aromatic nitrogens is 4. The second-order valence-corrected chi connectivity index (χ2v) is 8.36. The van der Waals surface area contributed by atoms with Gasteiger partial charge in [-0.25, -0.2) is 4.98 Å². The molecule has 28 heavy (non-hydrogen) atoms. The molecule has 1 saturated heterocycles. The summed E-state index contributed by atoms with van der Waals surface area (Å²) >= 11 is 0. The first kappa shape index (κ1) is 18.7. The zero-order valence-electron chi connectivity index (χ0n) is 16.9. The van der Waals surface area contributed by atoms with E-state index in [1.807, 2.05) is 61.8 Å². The number of nitrogens with one attached hydrogen (secondary N) is 1. The van der Waals surface area contributed by atoms with Crippen molar-refractivity contribution in [3.8, 4) is 0 Å². The molecule has 1 atom stereocenters. The Balaban J connectivity index is 1.65. The number of aliphatic hydroxyl groups excluding tert-OH is 1. The summed E-state index contributed by atoms with van der Waals surface area (Å²) in [7, 11) is 1.91. The van der Waals surface area contributed by atoms with Gasteiger partial charge in [0.25, 0.3) is 5.91 Å². The Morgan fingerprint density at radius 2 is 2.18 bits per heavy atom. The molecule has 0 bridgehead atoms.